The second-order valence-corrected chi connectivity index (χ2v) is 5.42. The summed E-state index contributed by atoms with van der Waals surface area (Å²) in [6.45, 7) is 3.00. The van der Waals surface area contributed by atoms with Crippen LogP contribution in [-0.4, -0.2) is 26.2 Å². The molecule has 1 heterocycles. The van der Waals surface area contributed by atoms with E-state index in [4.69, 9.17) is 16.3 Å². The van der Waals surface area contributed by atoms with Crippen LogP contribution >= 0.6 is 22.9 Å². The topological polar surface area (TPSA) is 38.3 Å². The van der Waals surface area contributed by atoms with Crippen LogP contribution in [0, 0.1) is 6.92 Å². The second kappa shape index (κ2) is 5.69. The van der Waals surface area contributed by atoms with E-state index in [9.17, 15) is 4.79 Å². The molecule has 1 aromatic heterocycles. The van der Waals surface area contributed by atoms with Crippen LogP contribution in [0.25, 0.3) is 10.1 Å². The van der Waals surface area contributed by atoms with Gasteiger partial charge in [0.15, 0.2) is 0 Å². The highest BCUT2D eigenvalue weighted by Crippen LogP contribution is 2.35. The highest BCUT2D eigenvalue weighted by molar-refractivity contribution is 7.21. The van der Waals surface area contributed by atoms with E-state index in [1.165, 1.54) is 11.3 Å². The number of hydrogen-bond acceptors (Lipinski definition) is 3. The Hall–Kier alpha value is -1.10. The normalized spacial score (nSPS) is 10.8. The van der Waals surface area contributed by atoms with Crippen LogP contribution < -0.4 is 5.32 Å². The van der Waals surface area contributed by atoms with Gasteiger partial charge in [-0.25, -0.2) is 0 Å². The lowest BCUT2D eigenvalue weighted by molar-refractivity contribution is 0.0941. The van der Waals surface area contributed by atoms with Gasteiger partial charge in [-0.2, -0.15) is 0 Å². The van der Waals surface area contributed by atoms with Crippen LogP contribution in [0.3, 0.4) is 0 Å². The number of ether oxygens (including phenoxy) is 1. The van der Waals surface area contributed by atoms with Crippen LogP contribution in [0.1, 0.15) is 15.2 Å². The van der Waals surface area contributed by atoms with Gasteiger partial charge in [-0.1, -0.05) is 23.7 Å². The Balaban J connectivity index is 2.28. The lowest BCUT2D eigenvalue weighted by Crippen LogP contribution is -2.26. The first kappa shape index (κ1) is 13.3. The number of halogens is 1. The number of methoxy groups -OCH3 is 1. The molecule has 5 heteroatoms. The molecule has 0 aliphatic rings. The molecule has 0 spiro atoms. The summed E-state index contributed by atoms with van der Waals surface area (Å²) >= 11 is 7.65. The van der Waals surface area contributed by atoms with Crippen LogP contribution in [0.5, 0.6) is 0 Å². The minimum atomic E-state index is -0.143. The molecule has 18 heavy (non-hydrogen) atoms. The Morgan fingerprint density at radius 2 is 2.28 bits per heavy atom. The number of fused-ring (bicyclic) bond motifs is 1. The first-order valence-electron chi connectivity index (χ1n) is 5.59. The molecule has 96 valence electrons. The SMILES string of the molecule is COCCNC(=O)c1sc2cc(C)ccc2c1Cl. The van der Waals surface area contributed by atoms with Gasteiger partial charge in [0.05, 0.1) is 11.6 Å². The Bertz CT molecular complexity index is 580. The standard InChI is InChI=1S/C13H14ClNO2S/c1-8-3-4-9-10(7-8)18-12(11(9)14)13(16)15-5-6-17-2/h3-4,7H,5-6H2,1-2H3,(H,15,16). The quantitative estimate of drug-likeness (QED) is 0.875. The Morgan fingerprint density at radius 3 is 3.00 bits per heavy atom. The van der Waals surface area contributed by atoms with Gasteiger partial charge in [-0.15, -0.1) is 11.3 Å². The molecule has 0 aliphatic heterocycles. The largest absolute Gasteiger partial charge is 0.383 e. The molecular formula is C13H14ClNO2S. The zero-order valence-corrected chi connectivity index (χ0v) is 11.8. The van der Waals surface area contributed by atoms with Crippen molar-refractivity contribution in [1.29, 1.82) is 0 Å². The number of thiophene rings is 1. The second-order valence-electron chi connectivity index (χ2n) is 3.99. The minimum Gasteiger partial charge on any atom is -0.383 e. The van der Waals surface area contributed by atoms with Crippen molar-refractivity contribution in [2.24, 2.45) is 0 Å². The molecule has 3 nitrogen and oxygen atoms in total. The fourth-order valence-corrected chi connectivity index (χ4v) is 3.20. The molecule has 0 radical (unpaired) electrons. The zero-order valence-electron chi connectivity index (χ0n) is 10.2. The average Bonchev–Trinajstić information content (AvgIpc) is 2.66. The molecule has 1 aromatic carbocycles. The van der Waals surface area contributed by atoms with Gasteiger partial charge in [-0.3, -0.25) is 4.79 Å². The van der Waals surface area contributed by atoms with Gasteiger partial charge < -0.3 is 10.1 Å². The smallest absolute Gasteiger partial charge is 0.263 e. The molecule has 0 bridgehead atoms. The summed E-state index contributed by atoms with van der Waals surface area (Å²) in [6, 6.07) is 5.99. The number of nitrogens with one attached hydrogen (secondary N) is 1. The van der Waals surface area contributed by atoms with Crippen molar-refractivity contribution in [2.75, 3.05) is 20.3 Å². The number of carbonyl (C=O) groups is 1. The molecule has 2 rings (SSSR count). The number of rotatable bonds is 4. The van der Waals surface area contributed by atoms with Gasteiger partial charge in [-0.05, 0) is 18.6 Å². The molecule has 0 saturated carbocycles. The van der Waals surface area contributed by atoms with E-state index in [0.717, 1.165) is 15.6 Å². The van der Waals surface area contributed by atoms with E-state index in [-0.39, 0.29) is 5.91 Å². The first-order valence-corrected chi connectivity index (χ1v) is 6.78. The van der Waals surface area contributed by atoms with Crippen LogP contribution in [-0.2, 0) is 4.74 Å². The van der Waals surface area contributed by atoms with Gasteiger partial charge in [0.25, 0.3) is 5.91 Å². The maximum absolute atomic E-state index is 12.0. The molecule has 2 aromatic rings. The van der Waals surface area contributed by atoms with Crippen molar-refractivity contribution >= 4 is 38.9 Å². The van der Waals surface area contributed by atoms with Crippen molar-refractivity contribution in [2.45, 2.75) is 6.92 Å². The third kappa shape index (κ3) is 2.66. The molecule has 0 fully saturated rings. The predicted octanol–water partition coefficient (Wildman–Crippen LogP) is 3.24. The van der Waals surface area contributed by atoms with Crippen molar-refractivity contribution in [1.82, 2.24) is 5.32 Å². The van der Waals surface area contributed by atoms with E-state index in [1.54, 1.807) is 7.11 Å². The summed E-state index contributed by atoms with van der Waals surface area (Å²) in [4.78, 5) is 12.5. The number of carbonyl (C=O) groups excluding carboxylic acids is 1. The van der Waals surface area contributed by atoms with Gasteiger partial charge >= 0.3 is 0 Å². The van der Waals surface area contributed by atoms with Crippen molar-refractivity contribution in [3.05, 3.63) is 33.7 Å². The highest BCUT2D eigenvalue weighted by Gasteiger charge is 2.16. The third-order valence-electron chi connectivity index (χ3n) is 2.58. The molecule has 1 N–H and O–H groups in total. The maximum Gasteiger partial charge on any atom is 0.263 e. The first-order chi connectivity index (χ1) is 8.63. The van der Waals surface area contributed by atoms with Crippen molar-refractivity contribution in [3.8, 4) is 0 Å². The minimum absolute atomic E-state index is 0.143. The summed E-state index contributed by atoms with van der Waals surface area (Å²) in [5, 5.41) is 4.25. The summed E-state index contributed by atoms with van der Waals surface area (Å²) in [7, 11) is 1.60. The molecule has 0 unspecified atom stereocenters. The summed E-state index contributed by atoms with van der Waals surface area (Å²) in [5.41, 5.74) is 1.16. The Labute approximate surface area is 115 Å². The summed E-state index contributed by atoms with van der Waals surface area (Å²) < 4.78 is 5.93. The van der Waals surface area contributed by atoms with E-state index in [0.29, 0.717) is 23.1 Å². The Morgan fingerprint density at radius 1 is 1.50 bits per heavy atom. The molecular weight excluding hydrogens is 270 g/mol. The summed E-state index contributed by atoms with van der Waals surface area (Å²) in [5.74, 6) is -0.143. The van der Waals surface area contributed by atoms with E-state index < -0.39 is 0 Å². The number of aryl methyl sites for hydroxylation is 1. The maximum atomic E-state index is 12.0. The molecule has 0 saturated heterocycles. The fourth-order valence-electron chi connectivity index (χ4n) is 1.67. The number of amides is 1. The molecule has 1 amide bonds. The number of hydrogen-bond donors (Lipinski definition) is 1. The fraction of sp³-hybridized carbons (Fsp3) is 0.308. The molecule has 0 aliphatic carbocycles. The lowest BCUT2D eigenvalue weighted by atomic mass is 10.2. The predicted molar refractivity (Wildman–Crippen MR) is 75.8 cm³/mol. The van der Waals surface area contributed by atoms with E-state index in [2.05, 4.69) is 5.32 Å². The van der Waals surface area contributed by atoms with E-state index in [1.807, 2.05) is 25.1 Å². The lowest BCUT2D eigenvalue weighted by Gasteiger charge is -2.02. The van der Waals surface area contributed by atoms with E-state index >= 15 is 0 Å². The van der Waals surface area contributed by atoms with Crippen LogP contribution in [0.2, 0.25) is 5.02 Å². The van der Waals surface area contributed by atoms with Gasteiger partial charge in [0.2, 0.25) is 0 Å². The summed E-state index contributed by atoms with van der Waals surface area (Å²) in [6.07, 6.45) is 0. The number of benzene rings is 1. The van der Waals surface area contributed by atoms with Gasteiger partial charge in [0, 0.05) is 23.7 Å². The Kier molecular flexibility index (Phi) is 4.22. The molecule has 0 atom stereocenters. The third-order valence-corrected chi connectivity index (χ3v) is 4.24. The van der Waals surface area contributed by atoms with Crippen molar-refractivity contribution in [3.63, 3.8) is 0 Å². The highest BCUT2D eigenvalue weighted by atomic mass is 35.5. The zero-order chi connectivity index (χ0) is 13.1. The van der Waals surface area contributed by atoms with Crippen molar-refractivity contribution < 1.29 is 9.53 Å². The van der Waals surface area contributed by atoms with Crippen LogP contribution in [0.15, 0.2) is 18.2 Å². The average molecular weight is 284 g/mol. The van der Waals surface area contributed by atoms with Crippen LogP contribution in [0.4, 0.5) is 0 Å². The van der Waals surface area contributed by atoms with Gasteiger partial charge in [0.1, 0.15) is 4.88 Å². The monoisotopic (exact) mass is 283 g/mol.